The lowest BCUT2D eigenvalue weighted by molar-refractivity contribution is 0.00704. The molecule has 0 saturated heterocycles. The van der Waals surface area contributed by atoms with Gasteiger partial charge in [0.2, 0.25) is 5.56 Å². The Morgan fingerprint density at radius 3 is 2.43 bits per heavy atom. The Bertz CT molecular complexity index is 1270. The van der Waals surface area contributed by atoms with Crippen molar-refractivity contribution in [1.82, 2.24) is 4.98 Å². The van der Waals surface area contributed by atoms with Crippen LogP contribution in [0.15, 0.2) is 58.2 Å². The molecule has 2 aromatic carbocycles. The van der Waals surface area contributed by atoms with Crippen molar-refractivity contribution in [3.8, 4) is 5.75 Å². The van der Waals surface area contributed by atoms with Crippen molar-refractivity contribution in [3.63, 3.8) is 0 Å². The van der Waals surface area contributed by atoms with Crippen LogP contribution >= 0.6 is 0 Å². The Labute approximate surface area is 173 Å². The number of aromatic nitrogens is 1. The van der Waals surface area contributed by atoms with E-state index in [1.54, 1.807) is 45.0 Å². The van der Waals surface area contributed by atoms with Crippen LogP contribution in [-0.2, 0) is 14.8 Å². The minimum Gasteiger partial charge on any atom is -0.497 e. The molecule has 3 aromatic rings. The molecule has 0 aliphatic carbocycles. The number of para-hydroxylation sites is 1. The zero-order valence-electron chi connectivity index (χ0n) is 17.0. The number of fused-ring (bicyclic) bond motifs is 1. The standard InChI is InChI=1S/C21H22N2O6S/c1-21(2,3)29-20(25)15-11-13(28-4)9-10-17(15)23-30(26,27)18-12-19(24)22-16-8-6-5-7-14(16)18/h5-12,23H,1-4H3,(H,22,24). The molecule has 0 amide bonds. The van der Waals surface area contributed by atoms with Crippen LogP contribution in [0.4, 0.5) is 5.69 Å². The third-order valence-electron chi connectivity index (χ3n) is 4.09. The fourth-order valence-corrected chi connectivity index (χ4v) is 4.14. The largest absolute Gasteiger partial charge is 0.497 e. The van der Waals surface area contributed by atoms with Gasteiger partial charge in [0.1, 0.15) is 16.2 Å². The van der Waals surface area contributed by atoms with Gasteiger partial charge in [0.15, 0.2) is 0 Å². The van der Waals surface area contributed by atoms with E-state index < -0.39 is 27.2 Å². The van der Waals surface area contributed by atoms with Crippen LogP contribution in [-0.4, -0.2) is 32.1 Å². The third-order valence-corrected chi connectivity index (χ3v) is 5.50. The number of aromatic amines is 1. The Morgan fingerprint density at radius 2 is 1.77 bits per heavy atom. The summed E-state index contributed by atoms with van der Waals surface area (Å²) >= 11 is 0. The first-order valence-corrected chi connectivity index (χ1v) is 10.5. The molecule has 8 nitrogen and oxygen atoms in total. The number of hydrogen-bond donors (Lipinski definition) is 2. The van der Waals surface area contributed by atoms with E-state index in [4.69, 9.17) is 9.47 Å². The highest BCUT2D eigenvalue weighted by Gasteiger charge is 2.25. The number of esters is 1. The van der Waals surface area contributed by atoms with Gasteiger partial charge < -0.3 is 14.5 Å². The van der Waals surface area contributed by atoms with E-state index in [-0.39, 0.29) is 16.1 Å². The minimum atomic E-state index is -4.20. The summed E-state index contributed by atoms with van der Waals surface area (Å²) in [6.45, 7) is 5.12. The highest BCUT2D eigenvalue weighted by atomic mass is 32.2. The smallest absolute Gasteiger partial charge is 0.340 e. The van der Waals surface area contributed by atoms with Crippen molar-refractivity contribution >= 4 is 32.6 Å². The quantitative estimate of drug-likeness (QED) is 0.600. The lowest BCUT2D eigenvalue weighted by Gasteiger charge is -2.21. The monoisotopic (exact) mass is 430 g/mol. The van der Waals surface area contributed by atoms with E-state index in [1.165, 1.54) is 25.3 Å². The van der Waals surface area contributed by atoms with Crippen molar-refractivity contribution in [2.75, 3.05) is 11.8 Å². The zero-order chi connectivity index (χ0) is 22.1. The molecule has 0 aliphatic rings. The van der Waals surface area contributed by atoms with Crippen molar-refractivity contribution in [3.05, 3.63) is 64.4 Å². The maximum absolute atomic E-state index is 13.1. The van der Waals surface area contributed by atoms with Gasteiger partial charge in [-0.25, -0.2) is 13.2 Å². The highest BCUT2D eigenvalue weighted by molar-refractivity contribution is 7.93. The second-order valence-electron chi connectivity index (χ2n) is 7.56. The van der Waals surface area contributed by atoms with Gasteiger partial charge >= 0.3 is 5.97 Å². The fourth-order valence-electron chi connectivity index (χ4n) is 2.84. The molecule has 0 unspecified atom stereocenters. The predicted octanol–water partition coefficient (Wildman–Crippen LogP) is 3.29. The van der Waals surface area contributed by atoms with Crippen LogP contribution in [0.3, 0.4) is 0 Å². The average molecular weight is 430 g/mol. The van der Waals surface area contributed by atoms with E-state index in [0.717, 1.165) is 6.07 Å². The first-order valence-electron chi connectivity index (χ1n) is 9.06. The first kappa shape index (κ1) is 21.4. The van der Waals surface area contributed by atoms with E-state index in [9.17, 15) is 18.0 Å². The summed E-state index contributed by atoms with van der Waals surface area (Å²) in [7, 11) is -2.77. The fraction of sp³-hybridized carbons (Fsp3) is 0.238. The number of nitrogens with one attached hydrogen (secondary N) is 2. The topological polar surface area (TPSA) is 115 Å². The number of H-pyrrole nitrogens is 1. The summed E-state index contributed by atoms with van der Waals surface area (Å²) in [6.07, 6.45) is 0. The van der Waals surface area contributed by atoms with Crippen molar-refractivity contribution in [2.24, 2.45) is 0 Å². The molecule has 3 rings (SSSR count). The number of methoxy groups -OCH3 is 1. The Kier molecular flexibility index (Phi) is 5.58. The van der Waals surface area contributed by atoms with Crippen molar-refractivity contribution in [1.29, 1.82) is 0 Å². The summed E-state index contributed by atoms with van der Waals surface area (Å²) in [5, 5.41) is 0.344. The summed E-state index contributed by atoms with van der Waals surface area (Å²) in [5.41, 5.74) is -0.959. The van der Waals surface area contributed by atoms with Gasteiger partial charge in [-0.15, -0.1) is 0 Å². The molecule has 0 atom stereocenters. The molecule has 30 heavy (non-hydrogen) atoms. The van der Waals surface area contributed by atoms with Crippen LogP contribution in [0.2, 0.25) is 0 Å². The Morgan fingerprint density at radius 1 is 1.07 bits per heavy atom. The van der Waals surface area contributed by atoms with Gasteiger partial charge in [-0.05, 0) is 45.0 Å². The predicted molar refractivity (Wildman–Crippen MR) is 114 cm³/mol. The molecule has 0 aliphatic heterocycles. The number of benzene rings is 2. The van der Waals surface area contributed by atoms with Crippen LogP contribution < -0.4 is 15.0 Å². The van der Waals surface area contributed by atoms with Crippen LogP contribution in [0.5, 0.6) is 5.75 Å². The number of sulfonamides is 1. The van der Waals surface area contributed by atoms with Gasteiger partial charge in [-0.1, -0.05) is 18.2 Å². The lowest BCUT2D eigenvalue weighted by atomic mass is 10.1. The maximum Gasteiger partial charge on any atom is 0.340 e. The summed E-state index contributed by atoms with van der Waals surface area (Å²) in [5.74, 6) is -0.352. The first-order chi connectivity index (χ1) is 14.0. The molecule has 0 spiro atoms. The second-order valence-corrected chi connectivity index (χ2v) is 9.21. The molecule has 1 heterocycles. The van der Waals surface area contributed by atoms with E-state index in [0.29, 0.717) is 16.7 Å². The summed E-state index contributed by atoms with van der Waals surface area (Å²) < 4.78 is 39.2. The van der Waals surface area contributed by atoms with E-state index >= 15 is 0 Å². The molecule has 2 N–H and O–H groups in total. The average Bonchev–Trinajstić information content (AvgIpc) is 2.66. The third kappa shape index (κ3) is 4.62. The molecule has 0 bridgehead atoms. The molecular formula is C21H22N2O6S. The SMILES string of the molecule is COc1ccc(NS(=O)(=O)c2cc(=O)[nH]c3ccccc23)c(C(=O)OC(C)(C)C)c1. The Hall–Kier alpha value is -3.33. The van der Waals surface area contributed by atoms with Crippen LogP contribution in [0, 0.1) is 0 Å². The van der Waals surface area contributed by atoms with Crippen LogP contribution in [0.25, 0.3) is 10.9 Å². The number of hydrogen-bond acceptors (Lipinski definition) is 6. The van der Waals surface area contributed by atoms with E-state index in [1.807, 2.05) is 0 Å². The Balaban J connectivity index is 2.10. The molecular weight excluding hydrogens is 408 g/mol. The van der Waals surface area contributed by atoms with Crippen LogP contribution in [0.1, 0.15) is 31.1 Å². The molecule has 9 heteroatoms. The van der Waals surface area contributed by atoms with Gasteiger partial charge in [-0.3, -0.25) is 9.52 Å². The highest BCUT2D eigenvalue weighted by Crippen LogP contribution is 2.28. The molecule has 0 fully saturated rings. The molecule has 0 radical (unpaired) electrons. The van der Waals surface area contributed by atoms with Gasteiger partial charge in [0.25, 0.3) is 10.0 Å². The van der Waals surface area contributed by atoms with Crippen molar-refractivity contribution in [2.45, 2.75) is 31.3 Å². The minimum absolute atomic E-state index is 0.00872. The summed E-state index contributed by atoms with van der Waals surface area (Å²) in [4.78, 5) is 27.0. The van der Waals surface area contributed by atoms with Gasteiger partial charge in [-0.2, -0.15) is 0 Å². The molecule has 158 valence electrons. The van der Waals surface area contributed by atoms with Gasteiger partial charge in [0, 0.05) is 17.0 Å². The lowest BCUT2D eigenvalue weighted by Crippen LogP contribution is -2.25. The summed E-state index contributed by atoms with van der Waals surface area (Å²) in [6, 6.07) is 11.9. The number of ether oxygens (including phenoxy) is 2. The van der Waals surface area contributed by atoms with Crippen molar-refractivity contribution < 1.29 is 22.7 Å². The molecule has 1 aromatic heterocycles. The second kappa shape index (κ2) is 7.83. The number of rotatable bonds is 5. The number of anilines is 1. The zero-order valence-corrected chi connectivity index (χ0v) is 17.8. The number of pyridine rings is 1. The normalized spacial score (nSPS) is 11.9. The molecule has 0 saturated carbocycles. The van der Waals surface area contributed by atoms with E-state index in [2.05, 4.69) is 9.71 Å². The maximum atomic E-state index is 13.1. The number of carbonyl (C=O) groups excluding carboxylic acids is 1. The van der Waals surface area contributed by atoms with Gasteiger partial charge in [0.05, 0.1) is 18.4 Å². The number of carbonyl (C=O) groups is 1.